The Hall–Kier alpha value is -2.28. The SMILES string of the molecule is O=C(OCc1ccccc1)N1CC=C(c2csc(C(F)(F)F)c2)CC1. The lowest BCUT2D eigenvalue weighted by atomic mass is 10.0. The Labute approximate surface area is 147 Å². The highest BCUT2D eigenvalue weighted by Gasteiger charge is 2.33. The van der Waals surface area contributed by atoms with Gasteiger partial charge in [-0.3, -0.25) is 0 Å². The van der Waals surface area contributed by atoms with E-state index >= 15 is 0 Å². The highest BCUT2D eigenvalue weighted by molar-refractivity contribution is 7.10. The molecule has 0 saturated heterocycles. The van der Waals surface area contributed by atoms with Crippen molar-refractivity contribution in [1.82, 2.24) is 4.90 Å². The van der Waals surface area contributed by atoms with Crippen molar-refractivity contribution in [3.05, 3.63) is 63.9 Å². The van der Waals surface area contributed by atoms with Crippen LogP contribution in [-0.4, -0.2) is 24.1 Å². The van der Waals surface area contributed by atoms with Crippen LogP contribution >= 0.6 is 11.3 Å². The molecule has 0 spiro atoms. The maximum Gasteiger partial charge on any atom is 0.425 e. The lowest BCUT2D eigenvalue weighted by Crippen LogP contribution is -2.35. The summed E-state index contributed by atoms with van der Waals surface area (Å²) >= 11 is 0.692. The standard InChI is InChI=1S/C18H16F3NO2S/c19-18(20,21)16-10-15(12-25-16)14-6-8-22(9-7-14)17(23)24-11-13-4-2-1-3-5-13/h1-6,10,12H,7-9,11H2. The molecular formula is C18H16F3NO2S. The summed E-state index contributed by atoms with van der Waals surface area (Å²) in [6.45, 7) is 0.961. The molecule has 3 rings (SSSR count). The van der Waals surface area contributed by atoms with E-state index in [-0.39, 0.29) is 6.61 Å². The van der Waals surface area contributed by atoms with Gasteiger partial charge in [0.2, 0.25) is 0 Å². The Morgan fingerprint density at radius 1 is 1.24 bits per heavy atom. The van der Waals surface area contributed by atoms with E-state index < -0.39 is 17.1 Å². The predicted molar refractivity (Wildman–Crippen MR) is 90.1 cm³/mol. The van der Waals surface area contributed by atoms with Crippen LogP contribution in [-0.2, 0) is 17.5 Å². The molecule has 25 heavy (non-hydrogen) atoms. The molecule has 1 aliphatic heterocycles. The van der Waals surface area contributed by atoms with Crippen LogP contribution in [0.4, 0.5) is 18.0 Å². The van der Waals surface area contributed by atoms with Crippen molar-refractivity contribution in [3.63, 3.8) is 0 Å². The number of ether oxygens (including phenoxy) is 1. The number of halogens is 3. The van der Waals surface area contributed by atoms with E-state index in [1.165, 1.54) is 11.4 Å². The molecule has 1 aromatic carbocycles. The van der Waals surface area contributed by atoms with Gasteiger partial charge in [0.1, 0.15) is 11.5 Å². The number of thiophene rings is 1. The topological polar surface area (TPSA) is 29.5 Å². The van der Waals surface area contributed by atoms with Gasteiger partial charge in [-0.05, 0) is 34.6 Å². The van der Waals surface area contributed by atoms with Gasteiger partial charge in [-0.15, -0.1) is 11.3 Å². The summed E-state index contributed by atoms with van der Waals surface area (Å²) in [6, 6.07) is 10.5. The summed E-state index contributed by atoms with van der Waals surface area (Å²) in [5.41, 5.74) is 2.32. The molecule has 132 valence electrons. The van der Waals surface area contributed by atoms with E-state index in [1.54, 1.807) is 11.0 Å². The zero-order valence-corrected chi connectivity index (χ0v) is 14.1. The van der Waals surface area contributed by atoms with Gasteiger partial charge in [0.05, 0.1) is 0 Å². The smallest absolute Gasteiger partial charge is 0.425 e. The van der Waals surface area contributed by atoms with Gasteiger partial charge < -0.3 is 9.64 Å². The number of amides is 1. The third kappa shape index (κ3) is 4.42. The van der Waals surface area contributed by atoms with Crippen LogP contribution in [0.1, 0.15) is 22.4 Å². The van der Waals surface area contributed by atoms with Crippen molar-refractivity contribution in [2.24, 2.45) is 0 Å². The van der Waals surface area contributed by atoms with Crippen molar-refractivity contribution in [1.29, 1.82) is 0 Å². The Morgan fingerprint density at radius 3 is 2.60 bits per heavy atom. The number of hydrogen-bond acceptors (Lipinski definition) is 3. The molecule has 0 N–H and O–H groups in total. The van der Waals surface area contributed by atoms with Gasteiger partial charge in [-0.25, -0.2) is 4.79 Å². The van der Waals surface area contributed by atoms with E-state index in [4.69, 9.17) is 4.74 Å². The Bertz CT molecular complexity index is 768. The number of hydrogen-bond donors (Lipinski definition) is 0. The van der Waals surface area contributed by atoms with Gasteiger partial charge in [-0.1, -0.05) is 36.4 Å². The Morgan fingerprint density at radius 2 is 2.00 bits per heavy atom. The van der Waals surface area contributed by atoms with Crippen LogP contribution in [0, 0.1) is 0 Å². The molecule has 0 fully saturated rings. The third-order valence-electron chi connectivity index (χ3n) is 3.92. The summed E-state index contributed by atoms with van der Waals surface area (Å²) in [5, 5.41) is 1.51. The van der Waals surface area contributed by atoms with Crippen molar-refractivity contribution >= 4 is 23.0 Å². The van der Waals surface area contributed by atoms with E-state index in [0.717, 1.165) is 11.1 Å². The molecule has 0 bridgehead atoms. The minimum absolute atomic E-state index is 0.201. The van der Waals surface area contributed by atoms with Crippen molar-refractivity contribution in [2.75, 3.05) is 13.1 Å². The van der Waals surface area contributed by atoms with E-state index in [1.807, 2.05) is 30.3 Å². The number of nitrogens with zero attached hydrogens (tertiary/aromatic N) is 1. The quantitative estimate of drug-likeness (QED) is 0.747. The largest absolute Gasteiger partial charge is 0.445 e. The first kappa shape index (κ1) is 17.5. The fraction of sp³-hybridized carbons (Fsp3) is 0.278. The van der Waals surface area contributed by atoms with Crippen LogP contribution < -0.4 is 0 Å². The van der Waals surface area contributed by atoms with Crippen LogP contribution in [0.5, 0.6) is 0 Å². The third-order valence-corrected chi connectivity index (χ3v) is 4.90. The average Bonchev–Trinajstić information content (AvgIpc) is 3.11. The molecular weight excluding hydrogens is 351 g/mol. The number of carbonyl (C=O) groups is 1. The van der Waals surface area contributed by atoms with Gasteiger partial charge in [-0.2, -0.15) is 13.2 Å². The summed E-state index contributed by atoms with van der Waals surface area (Å²) in [6.07, 6.45) is -2.43. The summed E-state index contributed by atoms with van der Waals surface area (Å²) in [5.74, 6) is 0. The van der Waals surface area contributed by atoms with E-state index in [0.29, 0.717) is 36.4 Å². The van der Waals surface area contributed by atoms with Gasteiger partial charge in [0, 0.05) is 13.1 Å². The van der Waals surface area contributed by atoms with Crippen molar-refractivity contribution in [3.8, 4) is 0 Å². The Kier molecular flexibility index (Phi) is 5.13. The second kappa shape index (κ2) is 7.31. The minimum atomic E-state index is -4.31. The van der Waals surface area contributed by atoms with Crippen molar-refractivity contribution in [2.45, 2.75) is 19.2 Å². The molecule has 2 aromatic rings. The van der Waals surface area contributed by atoms with Crippen molar-refractivity contribution < 1.29 is 22.7 Å². The zero-order chi connectivity index (χ0) is 17.9. The summed E-state index contributed by atoms with van der Waals surface area (Å²) in [4.78, 5) is 13.0. The molecule has 0 atom stereocenters. The monoisotopic (exact) mass is 367 g/mol. The second-order valence-corrected chi connectivity index (χ2v) is 6.57. The highest BCUT2D eigenvalue weighted by atomic mass is 32.1. The summed E-state index contributed by atoms with van der Waals surface area (Å²) < 4.78 is 43.3. The van der Waals surface area contributed by atoms with Crippen LogP contribution in [0.15, 0.2) is 47.9 Å². The molecule has 1 aliphatic rings. The molecule has 2 heterocycles. The number of benzene rings is 1. The first-order chi connectivity index (χ1) is 11.9. The minimum Gasteiger partial charge on any atom is -0.445 e. The Balaban J connectivity index is 1.56. The van der Waals surface area contributed by atoms with Gasteiger partial charge >= 0.3 is 12.3 Å². The first-order valence-corrected chi connectivity index (χ1v) is 8.62. The molecule has 0 unspecified atom stereocenters. The molecule has 7 heteroatoms. The highest BCUT2D eigenvalue weighted by Crippen LogP contribution is 2.36. The summed E-state index contributed by atoms with van der Waals surface area (Å²) in [7, 11) is 0. The van der Waals surface area contributed by atoms with Crippen LogP contribution in [0.25, 0.3) is 5.57 Å². The fourth-order valence-electron chi connectivity index (χ4n) is 2.56. The molecule has 1 aromatic heterocycles. The average molecular weight is 367 g/mol. The maximum atomic E-state index is 12.7. The van der Waals surface area contributed by atoms with Gasteiger partial charge in [0.15, 0.2) is 0 Å². The zero-order valence-electron chi connectivity index (χ0n) is 13.3. The maximum absolute atomic E-state index is 12.7. The fourth-order valence-corrected chi connectivity index (χ4v) is 3.36. The van der Waals surface area contributed by atoms with E-state index in [9.17, 15) is 18.0 Å². The molecule has 0 radical (unpaired) electrons. The van der Waals surface area contributed by atoms with Crippen LogP contribution in [0.2, 0.25) is 0 Å². The lowest BCUT2D eigenvalue weighted by Gasteiger charge is -2.25. The number of alkyl halides is 3. The molecule has 3 nitrogen and oxygen atoms in total. The molecule has 0 aliphatic carbocycles. The predicted octanol–water partition coefficient (Wildman–Crippen LogP) is 5.19. The van der Waals surface area contributed by atoms with Gasteiger partial charge in [0.25, 0.3) is 0 Å². The molecule has 1 amide bonds. The number of carbonyl (C=O) groups excluding carboxylic acids is 1. The number of rotatable bonds is 3. The van der Waals surface area contributed by atoms with E-state index in [2.05, 4.69) is 0 Å². The molecule has 0 saturated carbocycles. The lowest BCUT2D eigenvalue weighted by molar-refractivity contribution is -0.134. The van der Waals surface area contributed by atoms with Crippen LogP contribution in [0.3, 0.4) is 0 Å². The first-order valence-electron chi connectivity index (χ1n) is 7.74. The normalized spacial score (nSPS) is 15.0. The second-order valence-electron chi connectivity index (χ2n) is 5.66.